The first-order valence-electron chi connectivity index (χ1n) is 20.3. The van der Waals surface area contributed by atoms with Crippen molar-refractivity contribution in [3.05, 3.63) is 112 Å². The van der Waals surface area contributed by atoms with Gasteiger partial charge < -0.3 is 42.6 Å². The molecule has 0 fully saturated rings. The van der Waals surface area contributed by atoms with Gasteiger partial charge in [-0.1, -0.05) is 18.2 Å². The third-order valence-corrected chi connectivity index (χ3v) is 14.2. The van der Waals surface area contributed by atoms with Gasteiger partial charge in [-0.15, -0.1) is 0 Å². The molecule has 4 aromatic heterocycles. The number of benzene rings is 3. The second kappa shape index (κ2) is 16.1. The van der Waals surface area contributed by atoms with Crippen LogP contribution in [-0.2, 0) is 29.5 Å². The highest BCUT2D eigenvalue weighted by Crippen LogP contribution is 2.49. The van der Waals surface area contributed by atoms with E-state index in [1.807, 2.05) is 25.3 Å². The van der Waals surface area contributed by atoms with Crippen molar-refractivity contribution < 1.29 is 49.6 Å². The van der Waals surface area contributed by atoms with Crippen LogP contribution >= 0.6 is 21.7 Å². The molecule has 0 spiro atoms. The Morgan fingerprint density at radius 3 is 2.12 bits per heavy atom. The van der Waals surface area contributed by atoms with Gasteiger partial charge in [0.25, 0.3) is 16.0 Å². The Morgan fingerprint density at radius 2 is 1.36 bits per heavy atom. The Kier molecular flexibility index (Phi) is 10.6. The predicted molar refractivity (Wildman–Crippen MR) is 246 cm³/mol. The molecule has 0 radical (unpaired) electrons. The smallest absolute Gasteiger partial charge is 0.294 e. The average molecular weight is 952 g/mol. The Morgan fingerprint density at radius 1 is 0.682 bits per heavy atom. The van der Waals surface area contributed by atoms with Crippen molar-refractivity contribution >= 4 is 71.1 Å². The minimum Gasteiger partial charge on any atom is -0.352 e. The van der Waals surface area contributed by atoms with E-state index in [4.69, 9.17) is 29.9 Å². The lowest BCUT2D eigenvalue weighted by atomic mass is 10.0. The number of fused-ring (bicyclic) bond motifs is 20. The molecule has 0 atom stereocenters. The highest BCUT2D eigenvalue weighted by atomic mass is 32.3. The number of pyridine rings is 1. The number of carbonyl (C=O) groups excluding carboxylic acids is 1. The first-order chi connectivity index (χ1) is 31.4. The van der Waals surface area contributed by atoms with Crippen LogP contribution in [0.1, 0.15) is 39.9 Å². The molecule has 66 heavy (non-hydrogen) atoms. The van der Waals surface area contributed by atoms with Crippen molar-refractivity contribution in [2.45, 2.75) is 48.9 Å². The third-order valence-electron chi connectivity index (χ3n) is 11.4. The number of nitrogens with zero attached hydrogens (tertiary/aromatic N) is 7. The van der Waals surface area contributed by atoms with E-state index in [2.05, 4.69) is 26.0 Å². The fourth-order valence-electron chi connectivity index (χ4n) is 8.28. The SMILES string of the molecule is Cc1ccc[n+](CCCCNC(=O)c2cccc3c2-c2nc-3nc3[nH]c(nc4nc(nc5[nH]c(n2)c2ccc(S(=O)(=O)O)cc52)-c2cc(S(O)(O)O)ccc2-4)c2c3CC=C(S(O)(O)O)C2)c1. The zero-order valence-electron chi connectivity index (χ0n) is 34.5. The number of amides is 1. The molecule has 0 saturated carbocycles. The normalized spacial score (nSPS) is 14.0. The number of hydrogen-bond acceptors (Lipinski definition) is 15. The maximum atomic E-state index is 14.1. The highest BCUT2D eigenvalue weighted by Gasteiger charge is 2.31. The van der Waals surface area contributed by atoms with Crippen LogP contribution in [0.4, 0.5) is 0 Å². The van der Waals surface area contributed by atoms with Gasteiger partial charge in [-0.2, -0.15) is 8.42 Å². The number of unbranched alkanes of at least 4 members (excludes halogenated alkanes) is 1. The molecule has 8 bridgehead atoms. The number of rotatable bonds is 9. The number of aryl methyl sites for hydroxylation is 2. The maximum absolute atomic E-state index is 14.1. The number of aromatic nitrogens is 9. The zero-order valence-corrected chi connectivity index (χ0v) is 37.0. The quantitative estimate of drug-likeness (QED) is 0.0379. The third kappa shape index (κ3) is 8.10. The Bertz CT molecular complexity index is 3530. The van der Waals surface area contributed by atoms with E-state index in [9.17, 15) is 45.1 Å². The van der Waals surface area contributed by atoms with Crippen LogP contribution in [0.15, 0.2) is 99.9 Å². The predicted octanol–water partition coefficient (Wildman–Crippen LogP) is 7.56. The van der Waals surface area contributed by atoms with E-state index in [0.29, 0.717) is 46.2 Å². The number of allylic oxidation sites excluding steroid dienone is 2. The number of nitrogens with one attached hydrogen (secondary N) is 3. The number of aromatic amines is 2. The van der Waals surface area contributed by atoms with E-state index < -0.39 is 42.7 Å². The zero-order chi connectivity index (χ0) is 46.3. The minimum atomic E-state index is -4.72. The first-order valence-corrected chi connectivity index (χ1v) is 24.7. The van der Waals surface area contributed by atoms with Crippen LogP contribution in [-0.4, -0.2) is 92.6 Å². The van der Waals surface area contributed by atoms with Gasteiger partial charge >= 0.3 is 0 Å². The average Bonchev–Trinajstić information content (AvgIpc) is 4.00. The van der Waals surface area contributed by atoms with E-state index in [-0.39, 0.29) is 85.0 Å². The van der Waals surface area contributed by atoms with Crippen molar-refractivity contribution in [1.29, 1.82) is 0 Å². The van der Waals surface area contributed by atoms with Gasteiger partial charge in [0.1, 0.15) is 50.9 Å². The molecule has 338 valence electrons. The fraction of sp³-hybridized carbons (Fsp3) is 0.163. The van der Waals surface area contributed by atoms with Crippen LogP contribution in [0.2, 0.25) is 0 Å². The van der Waals surface area contributed by atoms with Crippen LogP contribution in [0.25, 0.3) is 78.9 Å². The molecule has 0 unspecified atom stereocenters. The maximum Gasteiger partial charge on any atom is 0.294 e. The van der Waals surface area contributed by atoms with Crippen LogP contribution in [0.3, 0.4) is 0 Å². The van der Waals surface area contributed by atoms with Crippen molar-refractivity contribution in [3.63, 3.8) is 0 Å². The van der Waals surface area contributed by atoms with E-state index in [1.165, 1.54) is 42.5 Å². The summed E-state index contributed by atoms with van der Waals surface area (Å²) in [6.07, 6.45) is 6.99. The molecule has 0 saturated heterocycles. The molecule has 23 heteroatoms. The molecule has 3 aromatic carbocycles. The molecule has 2 aliphatic heterocycles. The lowest BCUT2D eigenvalue weighted by Crippen LogP contribution is -2.33. The molecule has 10 N–H and O–H groups in total. The molecule has 3 aliphatic rings. The first kappa shape index (κ1) is 43.4. The van der Waals surface area contributed by atoms with E-state index in [1.54, 1.807) is 18.2 Å². The van der Waals surface area contributed by atoms with Crippen LogP contribution in [0, 0.1) is 6.92 Å². The van der Waals surface area contributed by atoms with Crippen molar-refractivity contribution in [2.75, 3.05) is 6.54 Å². The van der Waals surface area contributed by atoms with Gasteiger partial charge in [-0.25, -0.2) is 34.5 Å². The molecule has 6 heterocycles. The summed E-state index contributed by atoms with van der Waals surface area (Å²) >= 11 is 0. The molecular formula is C43H39N10O10S3+. The topological polar surface area (TPSA) is 318 Å². The van der Waals surface area contributed by atoms with E-state index >= 15 is 0 Å². The fourth-order valence-corrected chi connectivity index (χ4v) is 9.96. The lowest BCUT2D eigenvalue weighted by molar-refractivity contribution is -0.697. The summed E-state index contributed by atoms with van der Waals surface area (Å²) in [6.45, 7) is 3.17. The molecule has 20 nitrogen and oxygen atoms in total. The van der Waals surface area contributed by atoms with E-state index in [0.717, 1.165) is 18.5 Å². The summed E-state index contributed by atoms with van der Waals surface area (Å²) in [5.41, 5.74) is 4.28. The standard InChI is InChI=1S/C43H38N10O10S3/c1-22-6-5-17-53(21-22)16-3-2-15-44-43(54)30-8-4-7-29-34(30)42-51-37-28-14-11-25(66(61,62)63)20-33(28)41(49-37)50-40-32-19-24(65(58,59)60)10-13-27(32)36(48-40)47-39-31-18-23(64(55,56)57)9-12-26(31)35(46-39)45-38(29)52-42/h4-11,13-14,17,19-21H,2-3,12,15-16,18H2,1H3,(H9-,44,45,46,47,48,49,50,51,52,54,55,56,57,58,59,60,61,62,63)/p+1. The summed E-state index contributed by atoms with van der Waals surface area (Å²) in [7, 11) is -13.1. The van der Waals surface area contributed by atoms with Gasteiger partial charge in [-0.3, -0.25) is 9.35 Å². The molecule has 1 amide bonds. The van der Waals surface area contributed by atoms with Gasteiger partial charge in [-0.05, 0) is 68.3 Å². The van der Waals surface area contributed by atoms with Crippen molar-refractivity contribution in [2.24, 2.45) is 0 Å². The van der Waals surface area contributed by atoms with Gasteiger partial charge in [0.05, 0.1) is 15.4 Å². The minimum absolute atomic E-state index is 0.00154. The summed E-state index contributed by atoms with van der Waals surface area (Å²) in [5, 5.41) is 3.52. The second-order valence-electron chi connectivity index (χ2n) is 15.9. The van der Waals surface area contributed by atoms with Crippen LogP contribution < -0.4 is 9.88 Å². The highest BCUT2D eigenvalue weighted by molar-refractivity contribution is 8.22. The molecular weight excluding hydrogens is 913 g/mol. The van der Waals surface area contributed by atoms with Gasteiger partial charge in [0, 0.05) is 80.1 Å². The monoisotopic (exact) mass is 951 g/mol. The van der Waals surface area contributed by atoms with Gasteiger partial charge in [0.15, 0.2) is 35.7 Å². The van der Waals surface area contributed by atoms with Crippen molar-refractivity contribution in [1.82, 2.24) is 45.2 Å². The molecule has 7 aromatic rings. The number of H-pyrrole nitrogens is 2. The number of hydrogen-bond donors (Lipinski definition) is 10. The molecule has 1 aliphatic carbocycles. The molecule has 10 rings (SSSR count). The summed E-state index contributed by atoms with van der Waals surface area (Å²) < 4.78 is 98.6. The summed E-state index contributed by atoms with van der Waals surface area (Å²) in [4.78, 5) is 48.7. The van der Waals surface area contributed by atoms with Crippen molar-refractivity contribution in [3.8, 4) is 45.6 Å². The Labute approximate surface area is 377 Å². The Hall–Kier alpha value is -6.51. The number of carbonyl (C=O) groups is 1. The largest absolute Gasteiger partial charge is 0.352 e. The lowest BCUT2D eigenvalue weighted by Gasteiger charge is -2.25. The van der Waals surface area contributed by atoms with Gasteiger partial charge in [0.2, 0.25) is 0 Å². The summed E-state index contributed by atoms with van der Waals surface area (Å²) in [5.74, 6) is -0.203. The Balaban J connectivity index is 1.20. The van der Waals surface area contributed by atoms with Crippen LogP contribution in [0.5, 0.6) is 0 Å². The summed E-state index contributed by atoms with van der Waals surface area (Å²) in [6, 6.07) is 16.9. The second-order valence-corrected chi connectivity index (χ2v) is 20.3.